The maximum Gasteiger partial charge on any atom is 0.246 e. The van der Waals surface area contributed by atoms with E-state index in [4.69, 9.17) is 0 Å². The minimum absolute atomic E-state index is 0.0117. The zero-order valence-electron chi connectivity index (χ0n) is 61.2. The first-order valence-electron chi connectivity index (χ1n) is 33.7. The minimum atomic E-state index is -1.63. The Morgan fingerprint density at radius 3 is 1.26 bits per heavy atom. The summed E-state index contributed by atoms with van der Waals surface area (Å²) in [5.41, 5.74) is 0. The van der Waals surface area contributed by atoms with Crippen molar-refractivity contribution in [2.24, 2.45) is 41.4 Å². The number of aliphatic hydroxyl groups excluding tert-OH is 1. The molecule has 24 nitrogen and oxygen atoms in total. The number of nitrogens with one attached hydrogen (secondary N) is 4. The molecule has 0 spiro atoms. The largest absolute Gasteiger partial charge is 0.390 e. The summed E-state index contributed by atoms with van der Waals surface area (Å²) >= 11 is 0. The fraction of sp³-hybridized carbons (Fsp3) is 0.809. The smallest absolute Gasteiger partial charge is 0.246 e. The van der Waals surface area contributed by atoms with Gasteiger partial charge in [0.25, 0.3) is 0 Å². The highest BCUT2D eigenvalue weighted by Gasteiger charge is 2.46. The predicted molar refractivity (Wildman–Crippen MR) is 360 cm³/mol. The molecule has 1 heterocycles. The molecule has 0 aliphatic carbocycles. The molecule has 13 atom stereocenters. The lowest BCUT2D eigenvalue weighted by atomic mass is 9.91. The standard InChI is InChI=1S/C68H124N12O12/c1-27-31-32-45(17)57(81)56-61(85)71-48(28-2)63(87)73(20)49(33-34-80(29-3)30-4)64(88)74(21)51(36-40(7)8)60(84)72-54(43(13)14)67(91)75(22)50(35-39(5)6)59(83)69-46(18)58(82)70-47(19)62(86)76(23)52(37-41(9)10)65(89)77(24)53(38-42(11)12)66(90)78(25)55(44(15)16)68(92)79(56)26/h27,31,39-57,81H,28-30,32-38H2,1-26H3,(H,69,83)(H,70,82)(H,71,85)(H,72,84)/b31-27+/t45-,46+,47-,48+,49-,50+,51+,52+,53+,54+,55+,56+,57-/m1/s1. The van der Waals surface area contributed by atoms with Crippen molar-refractivity contribution in [2.75, 3.05) is 69.0 Å². The summed E-state index contributed by atoms with van der Waals surface area (Å²) in [6.45, 7) is 35.6. The maximum atomic E-state index is 15.3. The van der Waals surface area contributed by atoms with Crippen LogP contribution in [0.2, 0.25) is 0 Å². The van der Waals surface area contributed by atoms with Crippen LogP contribution in [-0.4, -0.2) is 251 Å². The second kappa shape index (κ2) is 38.9. The van der Waals surface area contributed by atoms with Gasteiger partial charge in [0.15, 0.2) is 0 Å². The van der Waals surface area contributed by atoms with E-state index in [2.05, 4.69) is 26.2 Å². The van der Waals surface area contributed by atoms with Crippen LogP contribution in [0.15, 0.2) is 12.2 Å². The first-order valence-corrected chi connectivity index (χ1v) is 33.7. The van der Waals surface area contributed by atoms with Crippen molar-refractivity contribution < 1.29 is 57.8 Å². The molecule has 0 radical (unpaired) electrons. The van der Waals surface area contributed by atoms with E-state index >= 15 is 28.8 Å². The Morgan fingerprint density at radius 1 is 0.435 bits per heavy atom. The van der Waals surface area contributed by atoms with Crippen molar-refractivity contribution in [3.05, 3.63) is 12.2 Å². The molecule has 0 aromatic heterocycles. The summed E-state index contributed by atoms with van der Waals surface area (Å²) < 4.78 is 0. The Kier molecular flexibility index (Phi) is 35.4. The molecule has 1 rings (SSSR count). The number of nitrogens with zero attached hydrogens (tertiary/aromatic N) is 8. The van der Waals surface area contributed by atoms with Gasteiger partial charge in [-0.2, -0.15) is 0 Å². The number of allylic oxidation sites excluding steroid dienone is 2. The molecule has 0 aromatic rings. The molecule has 0 saturated carbocycles. The van der Waals surface area contributed by atoms with Crippen molar-refractivity contribution in [1.82, 2.24) is 60.5 Å². The van der Waals surface area contributed by atoms with Crippen molar-refractivity contribution in [2.45, 2.75) is 249 Å². The molecule has 24 heteroatoms. The highest BCUT2D eigenvalue weighted by Crippen LogP contribution is 2.26. The van der Waals surface area contributed by atoms with Gasteiger partial charge in [0, 0.05) is 55.9 Å². The summed E-state index contributed by atoms with van der Waals surface area (Å²) in [4.78, 5) is 175. The van der Waals surface area contributed by atoms with E-state index in [-0.39, 0.29) is 62.2 Å². The summed E-state index contributed by atoms with van der Waals surface area (Å²) in [6, 6.07) is -13.7. The molecule has 528 valence electrons. The van der Waals surface area contributed by atoms with Gasteiger partial charge in [-0.1, -0.05) is 123 Å². The second-order valence-electron chi connectivity index (χ2n) is 28.1. The van der Waals surface area contributed by atoms with E-state index < -0.39 is 155 Å². The van der Waals surface area contributed by atoms with Crippen LogP contribution in [0, 0.1) is 41.4 Å². The van der Waals surface area contributed by atoms with Crippen molar-refractivity contribution in [3.8, 4) is 0 Å². The highest BCUT2D eigenvalue weighted by molar-refractivity contribution is 6.00. The van der Waals surface area contributed by atoms with Crippen LogP contribution < -0.4 is 21.3 Å². The van der Waals surface area contributed by atoms with Crippen LogP contribution in [0.4, 0.5) is 0 Å². The Bertz CT molecular complexity index is 2480. The Balaban J connectivity index is 4.55. The molecular formula is C68H124N12O12. The van der Waals surface area contributed by atoms with E-state index in [1.54, 1.807) is 47.6 Å². The average molecular weight is 1300 g/mol. The molecular weight excluding hydrogens is 1180 g/mol. The Hall–Kier alpha value is -6.17. The first-order chi connectivity index (χ1) is 42.6. The monoisotopic (exact) mass is 1300 g/mol. The van der Waals surface area contributed by atoms with E-state index in [1.807, 2.05) is 82.2 Å². The zero-order chi connectivity index (χ0) is 71.3. The highest BCUT2D eigenvalue weighted by atomic mass is 16.3. The van der Waals surface area contributed by atoms with Gasteiger partial charge in [-0.05, 0) is 120 Å². The number of aliphatic hydroxyl groups is 1. The fourth-order valence-corrected chi connectivity index (χ4v) is 12.0. The van der Waals surface area contributed by atoms with Crippen molar-refractivity contribution in [3.63, 3.8) is 0 Å². The van der Waals surface area contributed by atoms with Crippen molar-refractivity contribution in [1.29, 1.82) is 0 Å². The second-order valence-corrected chi connectivity index (χ2v) is 28.1. The minimum Gasteiger partial charge on any atom is -0.390 e. The normalized spacial score (nSPS) is 26.7. The molecule has 11 amide bonds. The summed E-state index contributed by atoms with van der Waals surface area (Å²) in [5.74, 6) is -9.70. The third-order valence-electron chi connectivity index (χ3n) is 18.0. The zero-order valence-corrected chi connectivity index (χ0v) is 61.2. The van der Waals surface area contributed by atoms with Gasteiger partial charge in [0.05, 0.1) is 6.10 Å². The van der Waals surface area contributed by atoms with E-state index in [9.17, 15) is 29.1 Å². The number of carbonyl (C=O) groups is 11. The number of amides is 11. The van der Waals surface area contributed by atoms with Gasteiger partial charge in [0.2, 0.25) is 65.0 Å². The van der Waals surface area contributed by atoms with E-state index in [0.29, 0.717) is 26.1 Å². The van der Waals surface area contributed by atoms with Gasteiger partial charge in [-0.15, -0.1) is 0 Å². The molecule has 5 N–H and O–H groups in total. The molecule has 92 heavy (non-hydrogen) atoms. The lowest BCUT2D eigenvalue weighted by Gasteiger charge is -2.41. The van der Waals surface area contributed by atoms with Gasteiger partial charge in [-0.25, -0.2) is 0 Å². The predicted octanol–water partition coefficient (Wildman–Crippen LogP) is 4.37. The maximum absolute atomic E-state index is 15.3. The van der Waals surface area contributed by atoms with Crippen LogP contribution in [0.1, 0.15) is 176 Å². The summed E-state index contributed by atoms with van der Waals surface area (Å²) in [6.07, 6.45) is 3.12. The third kappa shape index (κ3) is 23.4. The average Bonchev–Trinajstić information content (AvgIpc) is 0.822. The number of hydrogen-bond acceptors (Lipinski definition) is 13. The first kappa shape index (κ1) is 83.8. The fourth-order valence-electron chi connectivity index (χ4n) is 12.0. The van der Waals surface area contributed by atoms with E-state index in [0.717, 1.165) is 4.90 Å². The Labute approximate surface area is 552 Å². The van der Waals surface area contributed by atoms with Gasteiger partial charge >= 0.3 is 0 Å². The number of rotatable bonds is 20. The number of likely N-dealkylation sites (N-methyl/N-ethyl adjacent to an activating group) is 7. The van der Waals surface area contributed by atoms with Gasteiger partial charge in [0.1, 0.15) is 66.5 Å². The molecule has 1 aliphatic heterocycles. The lowest BCUT2D eigenvalue weighted by molar-refractivity contribution is -0.157. The summed E-state index contributed by atoms with van der Waals surface area (Å²) in [5, 5.41) is 23.5. The number of carbonyl (C=O) groups excluding carboxylic acids is 11. The van der Waals surface area contributed by atoms with Crippen LogP contribution in [0.25, 0.3) is 0 Å². The molecule has 1 saturated heterocycles. The topological polar surface area (TPSA) is 282 Å². The molecule has 0 unspecified atom stereocenters. The lowest BCUT2D eigenvalue weighted by Crippen LogP contribution is -2.64. The SMILES string of the molecule is C/C=C/C[C@@H](C)[C@@H](O)[C@H]1C(=O)N[C@@H](CC)C(=O)N(C)[C@H](CCN(CC)CC)C(=O)N(C)[C@@H](CC(C)C)C(=O)N[C@@H](C(C)C)C(=O)N(C)[C@@H](CC(C)C)C(=O)N[C@@H](C)C(=O)N[C@H](C)C(=O)N(C)[C@@H](CC(C)C)C(=O)N(C)[C@@H](CC(C)C)C(=O)N(C)[C@@H](C(C)C)C(=O)N1C. The van der Waals surface area contributed by atoms with Crippen LogP contribution in [-0.2, 0) is 52.7 Å². The van der Waals surface area contributed by atoms with Gasteiger partial charge in [-0.3, -0.25) is 52.7 Å². The molecule has 1 fully saturated rings. The summed E-state index contributed by atoms with van der Waals surface area (Å²) in [7, 11) is 10.1. The van der Waals surface area contributed by atoms with Gasteiger partial charge < -0.3 is 65.6 Å². The van der Waals surface area contributed by atoms with Crippen molar-refractivity contribution >= 4 is 65.0 Å². The molecule has 0 bridgehead atoms. The molecule has 0 aromatic carbocycles. The Morgan fingerprint density at radius 2 is 0.826 bits per heavy atom. The van der Waals surface area contributed by atoms with Crippen LogP contribution in [0.3, 0.4) is 0 Å². The van der Waals surface area contributed by atoms with Crippen LogP contribution in [0.5, 0.6) is 0 Å². The molecule has 1 aliphatic rings. The quantitative estimate of drug-likeness (QED) is 0.106. The van der Waals surface area contributed by atoms with Crippen LogP contribution >= 0.6 is 0 Å². The van der Waals surface area contributed by atoms with E-state index in [1.165, 1.54) is 92.6 Å². The number of hydrogen-bond donors (Lipinski definition) is 5. The third-order valence-corrected chi connectivity index (χ3v) is 18.0.